The zero-order chi connectivity index (χ0) is 13.5. The summed E-state index contributed by atoms with van der Waals surface area (Å²) >= 11 is 0. The standard InChI is InChI=1S/C13H21N3O2/c1-5-14-12-11(7-6-8-15-12)13(17)16(3)10(2)9-18-4/h6-8,10H,5,9H2,1-4H3,(H,14,15). The molecule has 0 fully saturated rings. The lowest BCUT2D eigenvalue weighted by Crippen LogP contribution is -2.38. The van der Waals surface area contributed by atoms with Gasteiger partial charge in [0.2, 0.25) is 0 Å². The molecule has 100 valence electrons. The van der Waals surface area contributed by atoms with E-state index in [9.17, 15) is 4.79 Å². The highest BCUT2D eigenvalue weighted by Crippen LogP contribution is 2.14. The van der Waals surface area contributed by atoms with Crippen LogP contribution in [0.4, 0.5) is 5.82 Å². The van der Waals surface area contributed by atoms with Crippen LogP contribution in [-0.2, 0) is 4.74 Å². The molecule has 0 saturated heterocycles. The summed E-state index contributed by atoms with van der Waals surface area (Å²) in [5, 5.41) is 3.09. The van der Waals surface area contributed by atoms with E-state index in [4.69, 9.17) is 4.74 Å². The smallest absolute Gasteiger partial charge is 0.257 e. The number of carbonyl (C=O) groups is 1. The predicted molar refractivity (Wildman–Crippen MR) is 71.8 cm³/mol. The van der Waals surface area contributed by atoms with Gasteiger partial charge in [-0.25, -0.2) is 4.98 Å². The van der Waals surface area contributed by atoms with Gasteiger partial charge in [0.05, 0.1) is 18.2 Å². The molecule has 1 N–H and O–H groups in total. The van der Waals surface area contributed by atoms with E-state index in [-0.39, 0.29) is 11.9 Å². The summed E-state index contributed by atoms with van der Waals surface area (Å²) in [5.74, 6) is 0.574. The zero-order valence-corrected chi connectivity index (χ0v) is 11.4. The maximum Gasteiger partial charge on any atom is 0.257 e. The van der Waals surface area contributed by atoms with Crippen molar-refractivity contribution < 1.29 is 9.53 Å². The topological polar surface area (TPSA) is 54.5 Å². The Labute approximate surface area is 108 Å². The molecule has 1 atom stereocenters. The maximum atomic E-state index is 12.3. The minimum atomic E-state index is -0.0522. The summed E-state index contributed by atoms with van der Waals surface area (Å²) in [7, 11) is 3.40. The molecule has 0 radical (unpaired) electrons. The molecule has 0 aliphatic carbocycles. The molecular weight excluding hydrogens is 230 g/mol. The Kier molecular flexibility index (Phi) is 5.58. The highest BCUT2D eigenvalue weighted by atomic mass is 16.5. The first-order chi connectivity index (χ1) is 8.61. The molecule has 0 aliphatic heterocycles. The van der Waals surface area contributed by atoms with Crippen LogP contribution in [0.2, 0.25) is 0 Å². The molecule has 18 heavy (non-hydrogen) atoms. The Hall–Kier alpha value is -1.62. The Balaban J connectivity index is 2.89. The van der Waals surface area contributed by atoms with Gasteiger partial charge in [-0.1, -0.05) is 0 Å². The van der Waals surface area contributed by atoms with E-state index in [1.807, 2.05) is 13.8 Å². The molecule has 1 rings (SSSR count). The van der Waals surface area contributed by atoms with Crippen LogP contribution in [0.3, 0.4) is 0 Å². The van der Waals surface area contributed by atoms with Gasteiger partial charge in [0.15, 0.2) is 0 Å². The van der Waals surface area contributed by atoms with Crippen molar-refractivity contribution in [1.29, 1.82) is 0 Å². The lowest BCUT2D eigenvalue weighted by atomic mass is 10.2. The van der Waals surface area contributed by atoms with Gasteiger partial charge < -0.3 is 15.0 Å². The average molecular weight is 251 g/mol. The fraction of sp³-hybridized carbons (Fsp3) is 0.538. The van der Waals surface area contributed by atoms with Gasteiger partial charge in [-0.15, -0.1) is 0 Å². The number of methoxy groups -OCH3 is 1. The monoisotopic (exact) mass is 251 g/mol. The van der Waals surface area contributed by atoms with Crippen LogP contribution in [0.25, 0.3) is 0 Å². The van der Waals surface area contributed by atoms with Gasteiger partial charge in [0.25, 0.3) is 5.91 Å². The van der Waals surface area contributed by atoms with Crippen LogP contribution in [0, 0.1) is 0 Å². The van der Waals surface area contributed by atoms with Crippen LogP contribution in [0.5, 0.6) is 0 Å². The molecule has 0 bridgehead atoms. The van der Waals surface area contributed by atoms with Crippen LogP contribution in [-0.4, -0.2) is 49.1 Å². The first-order valence-corrected chi connectivity index (χ1v) is 6.06. The predicted octanol–water partition coefficient (Wildman–Crippen LogP) is 1.62. The number of aromatic nitrogens is 1. The average Bonchev–Trinajstić information content (AvgIpc) is 2.38. The number of rotatable bonds is 6. The van der Waals surface area contributed by atoms with E-state index in [0.717, 1.165) is 6.54 Å². The Bertz CT molecular complexity index is 396. The maximum absolute atomic E-state index is 12.3. The number of hydrogen-bond acceptors (Lipinski definition) is 4. The van der Waals surface area contributed by atoms with E-state index < -0.39 is 0 Å². The Morgan fingerprint density at radius 2 is 2.33 bits per heavy atom. The summed E-state index contributed by atoms with van der Waals surface area (Å²) in [6, 6.07) is 3.57. The molecule has 5 nitrogen and oxygen atoms in total. The quantitative estimate of drug-likeness (QED) is 0.834. The number of anilines is 1. The van der Waals surface area contributed by atoms with Crippen molar-refractivity contribution in [3.63, 3.8) is 0 Å². The number of amides is 1. The summed E-state index contributed by atoms with van der Waals surface area (Å²) in [6.45, 7) is 5.17. The fourth-order valence-electron chi connectivity index (χ4n) is 1.63. The number of carbonyl (C=O) groups excluding carboxylic acids is 1. The van der Waals surface area contributed by atoms with Crippen molar-refractivity contribution in [2.45, 2.75) is 19.9 Å². The van der Waals surface area contributed by atoms with Crippen molar-refractivity contribution in [2.24, 2.45) is 0 Å². The molecule has 5 heteroatoms. The Morgan fingerprint density at radius 3 is 2.94 bits per heavy atom. The molecule has 0 spiro atoms. The van der Waals surface area contributed by atoms with Gasteiger partial charge in [-0.2, -0.15) is 0 Å². The van der Waals surface area contributed by atoms with Crippen molar-refractivity contribution >= 4 is 11.7 Å². The van der Waals surface area contributed by atoms with E-state index in [1.165, 1.54) is 0 Å². The third kappa shape index (κ3) is 3.43. The number of ether oxygens (including phenoxy) is 1. The summed E-state index contributed by atoms with van der Waals surface area (Å²) in [5.41, 5.74) is 0.588. The number of likely N-dealkylation sites (N-methyl/N-ethyl adjacent to an activating group) is 1. The summed E-state index contributed by atoms with van der Waals surface area (Å²) in [4.78, 5) is 18.2. The highest BCUT2D eigenvalue weighted by Gasteiger charge is 2.20. The van der Waals surface area contributed by atoms with Crippen LogP contribution in [0.1, 0.15) is 24.2 Å². The van der Waals surface area contributed by atoms with E-state index in [2.05, 4.69) is 10.3 Å². The van der Waals surface area contributed by atoms with E-state index >= 15 is 0 Å². The van der Waals surface area contributed by atoms with Crippen molar-refractivity contribution in [2.75, 3.05) is 32.6 Å². The molecule has 1 unspecified atom stereocenters. The lowest BCUT2D eigenvalue weighted by Gasteiger charge is -2.25. The normalized spacial score (nSPS) is 12.0. The highest BCUT2D eigenvalue weighted by molar-refractivity contribution is 5.98. The third-order valence-corrected chi connectivity index (χ3v) is 2.77. The minimum Gasteiger partial charge on any atom is -0.383 e. The van der Waals surface area contributed by atoms with Crippen molar-refractivity contribution in [1.82, 2.24) is 9.88 Å². The SMILES string of the molecule is CCNc1ncccc1C(=O)N(C)C(C)COC. The minimum absolute atomic E-state index is 0.0252. The Morgan fingerprint density at radius 1 is 1.61 bits per heavy atom. The molecular formula is C13H21N3O2. The number of nitrogens with zero attached hydrogens (tertiary/aromatic N) is 2. The molecule has 1 amide bonds. The summed E-state index contributed by atoms with van der Waals surface area (Å²) in [6.07, 6.45) is 1.67. The van der Waals surface area contributed by atoms with Gasteiger partial charge in [0, 0.05) is 26.9 Å². The third-order valence-electron chi connectivity index (χ3n) is 2.77. The molecule has 0 aliphatic rings. The summed E-state index contributed by atoms with van der Waals surface area (Å²) < 4.78 is 5.06. The first-order valence-electron chi connectivity index (χ1n) is 6.06. The van der Waals surface area contributed by atoms with E-state index in [0.29, 0.717) is 18.0 Å². The lowest BCUT2D eigenvalue weighted by molar-refractivity contribution is 0.0634. The van der Waals surface area contributed by atoms with Gasteiger partial charge >= 0.3 is 0 Å². The second kappa shape index (κ2) is 6.96. The van der Waals surface area contributed by atoms with E-state index in [1.54, 1.807) is 37.4 Å². The molecule has 0 saturated carbocycles. The number of pyridine rings is 1. The van der Waals surface area contributed by atoms with Gasteiger partial charge in [-0.3, -0.25) is 4.79 Å². The molecule has 1 aromatic heterocycles. The molecule has 0 aromatic carbocycles. The second-order valence-electron chi connectivity index (χ2n) is 4.15. The van der Waals surface area contributed by atoms with Gasteiger partial charge in [0.1, 0.15) is 5.82 Å². The molecule has 1 aromatic rings. The first kappa shape index (κ1) is 14.4. The number of hydrogen-bond donors (Lipinski definition) is 1. The molecule has 1 heterocycles. The largest absolute Gasteiger partial charge is 0.383 e. The second-order valence-corrected chi connectivity index (χ2v) is 4.15. The van der Waals surface area contributed by atoms with Crippen molar-refractivity contribution in [3.05, 3.63) is 23.9 Å². The number of nitrogens with one attached hydrogen (secondary N) is 1. The van der Waals surface area contributed by atoms with Crippen LogP contribution in [0.15, 0.2) is 18.3 Å². The zero-order valence-electron chi connectivity index (χ0n) is 11.4. The fourth-order valence-corrected chi connectivity index (χ4v) is 1.63. The van der Waals surface area contributed by atoms with Crippen LogP contribution >= 0.6 is 0 Å². The van der Waals surface area contributed by atoms with Crippen LogP contribution < -0.4 is 5.32 Å². The van der Waals surface area contributed by atoms with Gasteiger partial charge in [-0.05, 0) is 26.0 Å². The van der Waals surface area contributed by atoms with Crippen molar-refractivity contribution in [3.8, 4) is 0 Å².